The average Bonchev–Trinajstić information content (AvgIpc) is 3.37. The average molecular weight is 621 g/mol. The molecular formula is C30H36O14. The SMILES string of the molecule is COc1cc([C@H]2Oc3c(OC)cc(C=CC(=O)OC[C@H]4O[C@H](OC(C)(C)C(=O)O)[C@H](O)[C@@H](O)[C@@H]4O)cc3[C@H]2CO)ccc1O. The second kappa shape index (κ2) is 13.4. The van der Waals surface area contributed by atoms with Gasteiger partial charge in [0.15, 0.2) is 34.9 Å². The van der Waals surface area contributed by atoms with Crippen LogP contribution < -0.4 is 14.2 Å². The first kappa shape index (κ1) is 33.0. The van der Waals surface area contributed by atoms with Crippen molar-refractivity contribution in [2.45, 2.75) is 62.2 Å². The van der Waals surface area contributed by atoms with Crippen molar-refractivity contribution in [2.24, 2.45) is 0 Å². The lowest BCUT2D eigenvalue weighted by Crippen LogP contribution is -2.61. The second-order valence-electron chi connectivity index (χ2n) is 10.8. The molecule has 1 fully saturated rings. The summed E-state index contributed by atoms with van der Waals surface area (Å²) in [5.41, 5.74) is 0.00593. The summed E-state index contributed by atoms with van der Waals surface area (Å²) in [5.74, 6) is -1.73. The number of carboxylic acids is 1. The van der Waals surface area contributed by atoms with E-state index in [9.17, 15) is 40.2 Å². The molecule has 240 valence electrons. The van der Waals surface area contributed by atoms with Crippen LogP contribution in [0.5, 0.6) is 23.0 Å². The van der Waals surface area contributed by atoms with Crippen LogP contribution in [0.4, 0.5) is 0 Å². The highest BCUT2D eigenvalue weighted by molar-refractivity contribution is 5.87. The number of phenolic OH excluding ortho intramolecular Hbond substituents is 1. The fourth-order valence-electron chi connectivity index (χ4n) is 4.90. The van der Waals surface area contributed by atoms with Gasteiger partial charge >= 0.3 is 11.9 Å². The third-order valence-corrected chi connectivity index (χ3v) is 7.46. The zero-order chi connectivity index (χ0) is 32.3. The van der Waals surface area contributed by atoms with E-state index in [1.807, 2.05) is 0 Å². The summed E-state index contributed by atoms with van der Waals surface area (Å²) in [4.78, 5) is 23.9. The van der Waals surface area contributed by atoms with Gasteiger partial charge in [-0.25, -0.2) is 9.59 Å². The predicted octanol–water partition coefficient (Wildman–Crippen LogP) is 0.863. The zero-order valence-electron chi connectivity index (χ0n) is 24.4. The van der Waals surface area contributed by atoms with Crippen LogP contribution in [0, 0.1) is 0 Å². The number of esters is 1. The van der Waals surface area contributed by atoms with Crippen molar-refractivity contribution in [2.75, 3.05) is 27.4 Å². The van der Waals surface area contributed by atoms with Crippen molar-refractivity contribution in [1.82, 2.24) is 0 Å². The third kappa shape index (κ3) is 6.75. The van der Waals surface area contributed by atoms with Gasteiger partial charge in [-0.1, -0.05) is 6.07 Å². The van der Waals surface area contributed by atoms with Crippen LogP contribution in [0.25, 0.3) is 6.08 Å². The van der Waals surface area contributed by atoms with Crippen LogP contribution in [0.2, 0.25) is 0 Å². The van der Waals surface area contributed by atoms with E-state index in [2.05, 4.69) is 0 Å². The summed E-state index contributed by atoms with van der Waals surface area (Å²) in [7, 11) is 2.87. The summed E-state index contributed by atoms with van der Waals surface area (Å²) >= 11 is 0. The number of benzene rings is 2. The lowest BCUT2D eigenvalue weighted by atomic mass is 9.90. The molecule has 14 nitrogen and oxygen atoms in total. The number of aliphatic carboxylic acids is 1. The smallest absolute Gasteiger partial charge is 0.335 e. The molecule has 0 spiro atoms. The standard InChI is InChI=1S/C30H36O14/c1-30(2,29(37)38)44-28-25(36)24(35)23(34)21(42-28)13-41-22(33)8-5-14-9-16-17(12-31)26(43-27(16)20(10-14)40-4)15-6-7-18(32)19(11-15)39-3/h5-11,17,21,23-26,28,31-32,34-36H,12-13H2,1-4H3,(H,37,38)/t17-,21-,23-,24+,25-,26-,28-/m1/s1. The van der Waals surface area contributed by atoms with Gasteiger partial charge in [-0.05, 0) is 55.3 Å². The maximum Gasteiger partial charge on any atom is 0.335 e. The Labute approximate surface area is 252 Å². The summed E-state index contributed by atoms with van der Waals surface area (Å²) < 4.78 is 32.8. The molecule has 0 amide bonds. The van der Waals surface area contributed by atoms with E-state index in [0.29, 0.717) is 28.2 Å². The molecule has 0 aliphatic carbocycles. The van der Waals surface area contributed by atoms with Gasteiger partial charge in [0, 0.05) is 11.6 Å². The molecule has 7 atom stereocenters. The molecule has 1 saturated heterocycles. The van der Waals surface area contributed by atoms with Gasteiger partial charge in [0.25, 0.3) is 0 Å². The number of hydrogen-bond acceptors (Lipinski definition) is 13. The number of methoxy groups -OCH3 is 2. The van der Waals surface area contributed by atoms with Crippen LogP contribution in [0.1, 0.15) is 42.6 Å². The largest absolute Gasteiger partial charge is 0.504 e. The fraction of sp³-hybridized carbons (Fsp3) is 0.467. The molecule has 0 unspecified atom stereocenters. The van der Waals surface area contributed by atoms with E-state index in [4.69, 9.17) is 28.4 Å². The van der Waals surface area contributed by atoms with Crippen LogP contribution >= 0.6 is 0 Å². The Kier molecular flexibility index (Phi) is 10.0. The highest BCUT2D eigenvalue weighted by Gasteiger charge is 2.47. The molecule has 0 aromatic heterocycles. The molecule has 2 aliphatic heterocycles. The van der Waals surface area contributed by atoms with Gasteiger partial charge in [0.05, 0.1) is 26.7 Å². The van der Waals surface area contributed by atoms with E-state index < -0.39 is 66.9 Å². The number of carboxylic acid groups (broad SMARTS) is 1. The van der Waals surface area contributed by atoms with Crippen LogP contribution in [-0.4, -0.2) is 106 Å². The number of aliphatic hydroxyl groups is 4. The number of ether oxygens (including phenoxy) is 6. The molecule has 6 N–H and O–H groups in total. The van der Waals surface area contributed by atoms with Gasteiger partial charge in [-0.15, -0.1) is 0 Å². The minimum absolute atomic E-state index is 0.0437. The Morgan fingerprint density at radius 3 is 2.34 bits per heavy atom. The number of fused-ring (bicyclic) bond motifs is 1. The quantitative estimate of drug-likeness (QED) is 0.152. The van der Waals surface area contributed by atoms with Crippen molar-refractivity contribution >= 4 is 18.0 Å². The van der Waals surface area contributed by atoms with Gasteiger partial charge in [0.1, 0.15) is 37.1 Å². The van der Waals surface area contributed by atoms with Crippen LogP contribution in [0.15, 0.2) is 36.4 Å². The van der Waals surface area contributed by atoms with Crippen LogP contribution in [0.3, 0.4) is 0 Å². The number of aliphatic hydroxyl groups excluding tert-OH is 4. The first-order valence-electron chi connectivity index (χ1n) is 13.6. The number of aromatic hydroxyl groups is 1. The van der Waals surface area contributed by atoms with E-state index in [-0.39, 0.29) is 18.1 Å². The number of carbonyl (C=O) groups excluding carboxylic acids is 1. The van der Waals surface area contributed by atoms with Crippen molar-refractivity contribution in [3.05, 3.63) is 53.1 Å². The number of rotatable bonds is 11. The number of hydrogen-bond donors (Lipinski definition) is 6. The van der Waals surface area contributed by atoms with Crippen molar-refractivity contribution in [1.29, 1.82) is 0 Å². The lowest BCUT2D eigenvalue weighted by Gasteiger charge is -2.41. The molecule has 2 aromatic rings. The first-order valence-corrected chi connectivity index (χ1v) is 13.6. The summed E-state index contributed by atoms with van der Waals surface area (Å²) in [5, 5.41) is 60.2. The monoisotopic (exact) mass is 620 g/mol. The molecule has 4 rings (SSSR count). The van der Waals surface area contributed by atoms with E-state index in [0.717, 1.165) is 6.08 Å². The first-order chi connectivity index (χ1) is 20.8. The summed E-state index contributed by atoms with van der Waals surface area (Å²) in [6, 6.07) is 8.09. The molecule has 0 radical (unpaired) electrons. The molecule has 0 bridgehead atoms. The van der Waals surface area contributed by atoms with Crippen molar-refractivity contribution in [3.63, 3.8) is 0 Å². The van der Waals surface area contributed by atoms with E-state index >= 15 is 0 Å². The molecule has 44 heavy (non-hydrogen) atoms. The van der Waals surface area contributed by atoms with Gasteiger partial charge in [-0.2, -0.15) is 0 Å². The minimum atomic E-state index is -1.79. The van der Waals surface area contributed by atoms with Crippen molar-refractivity contribution in [3.8, 4) is 23.0 Å². The fourth-order valence-corrected chi connectivity index (χ4v) is 4.90. The van der Waals surface area contributed by atoms with Crippen LogP contribution in [-0.2, 0) is 23.8 Å². The Hall–Kier alpha value is -3.92. The number of phenols is 1. The zero-order valence-corrected chi connectivity index (χ0v) is 24.4. The lowest BCUT2D eigenvalue weighted by molar-refractivity contribution is -0.320. The topological polar surface area (TPSA) is 211 Å². The molecule has 14 heteroatoms. The Balaban J connectivity index is 1.46. The normalized spacial score (nSPS) is 26.6. The Bertz CT molecular complexity index is 1390. The molecule has 2 aliphatic rings. The maximum absolute atomic E-state index is 12.5. The highest BCUT2D eigenvalue weighted by atomic mass is 16.7. The predicted molar refractivity (Wildman–Crippen MR) is 150 cm³/mol. The second-order valence-corrected chi connectivity index (χ2v) is 10.8. The molecule has 2 aromatic carbocycles. The van der Waals surface area contributed by atoms with Gasteiger partial charge in [0.2, 0.25) is 0 Å². The molecule has 2 heterocycles. The van der Waals surface area contributed by atoms with E-state index in [1.54, 1.807) is 24.3 Å². The Morgan fingerprint density at radius 1 is 1.00 bits per heavy atom. The number of carbonyl (C=O) groups is 2. The Morgan fingerprint density at radius 2 is 1.70 bits per heavy atom. The summed E-state index contributed by atoms with van der Waals surface area (Å²) in [6.45, 7) is 1.61. The van der Waals surface area contributed by atoms with E-state index in [1.165, 1.54) is 40.2 Å². The minimum Gasteiger partial charge on any atom is -0.504 e. The van der Waals surface area contributed by atoms with Gasteiger partial charge in [-0.3, -0.25) is 0 Å². The molecule has 0 saturated carbocycles. The third-order valence-electron chi connectivity index (χ3n) is 7.46. The molecular weight excluding hydrogens is 584 g/mol. The highest BCUT2D eigenvalue weighted by Crippen LogP contribution is 2.51. The maximum atomic E-state index is 12.5. The summed E-state index contributed by atoms with van der Waals surface area (Å²) in [6.07, 6.45) is -6.20. The van der Waals surface area contributed by atoms with Gasteiger partial charge < -0.3 is 59.1 Å². The van der Waals surface area contributed by atoms with Crippen molar-refractivity contribution < 1.29 is 68.6 Å².